The number of aromatic amines is 1. The van der Waals surface area contributed by atoms with Gasteiger partial charge in [0.1, 0.15) is 11.4 Å². The number of carbonyl (C=O) groups excluding carboxylic acids is 1. The fourth-order valence-electron chi connectivity index (χ4n) is 3.92. The standard InChI is InChI=1S/C23H27N3O2/c1-15-11-12-18(17-9-6-5-8-16(15)17)19-14-24-21(25-19)20-10-7-13-26(20)22(27)28-23(2,3)4/h5-6,8-9,11-12,14,20H,7,10,13H2,1-4H3,(H,24,25). The minimum Gasteiger partial charge on any atom is -0.444 e. The Morgan fingerprint density at radius 1 is 1.18 bits per heavy atom. The molecule has 0 bridgehead atoms. The van der Waals surface area contributed by atoms with E-state index in [-0.39, 0.29) is 12.1 Å². The molecule has 5 heteroatoms. The van der Waals surface area contributed by atoms with Crippen molar-refractivity contribution in [3.8, 4) is 11.3 Å². The van der Waals surface area contributed by atoms with Crippen LogP contribution in [0.15, 0.2) is 42.6 Å². The summed E-state index contributed by atoms with van der Waals surface area (Å²) >= 11 is 0. The molecule has 1 aromatic heterocycles. The highest BCUT2D eigenvalue weighted by Crippen LogP contribution is 2.34. The average Bonchev–Trinajstić information content (AvgIpc) is 3.30. The number of fused-ring (bicyclic) bond motifs is 1. The molecule has 1 unspecified atom stereocenters. The van der Waals surface area contributed by atoms with Gasteiger partial charge < -0.3 is 9.72 Å². The fourth-order valence-corrected chi connectivity index (χ4v) is 3.92. The Hall–Kier alpha value is -2.82. The van der Waals surface area contributed by atoms with Gasteiger partial charge in [-0.2, -0.15) is 0 Å². The van der Waals surface area contributed by atoms with Crippen LogP contribution in [-0.2, 0) is 4.74 Å². The van der Waals surface area contributed by atoms with Crippen molar-refractivity contribution in [2.75, 3.05) is 6.54 Å². The summed E-state index contributed by atoms with van der Waals surface area (Å²) in [5.74, 6) is 0.822. The number of carbonyl (C=O) groups is 1. The van der Waals surface area contributed by atoms with Gasteiger partial charge in [0.2, 0.25) is 0 Å². The summed E-state index contributed by atoms with van der Waals surface area (Å²) < 4.78 is 5.58. The van der Waals surface area contributed by atoms with Gasteiger partial charge in [0.15, 0.2) is 0 Å². The van der Waals surface area contributed by atoms with Gasteiger partial charge >= 0.3 is 6.09 Å². The predicted octanol–water partition coefficient (Wildman–Crippen LogP) is 5.61. The van der Waals surface area contributed by atoms with Crippen LogP contribution in [0.3, 0.4) is 0 Å². The molecule has 2 aromatic carbocycles. The third-order valence-electron chi connectivity index (χ3n) is 5.22. The lowest BCUT2D eigenvalue weighted by atomic mass is 9.99. The second kappa shape index (κ2) is 6.97. The third kappa shape index (κ3) is 3.49. The van der Waals surface area contributed by atoms with Crippen LogP contribution in [0.2, 0.25) is 0 Å². The van der Waals surface area contributed by atoms with Gasteiger partial charge in [0, 0.05) is 12.1 Å². The molecule has 1 N–H and O–H groups in total. The number of nitrogens with zero attached hydrogens (tertiary/aromatic N) is 2. The Morgan fingerprint density at radius 2 is 1.93 bits per heavy atom. The molecule has 5 nitrogen and oxygen atoms in total. The van der Waals surface area contributed by atoms with Crippen LogP contribution in [0, 0.1) is 6.92 Å². The van der Waals surface area contributed by atoms with Gasteiger partial charge in [0.05, 0.1) is 17.9 Å². The quantitative estimate of drug-likeness (QED) is 0.631. The van der Waals surface area contributed by atoms with Crippen molar-refractivity contribution in [1.29, 1.82) is 0 Å². The van der Waals surface area contributed by atoms with E-state index in [2.05, 4.69) is 53.3 Å². The zero-order valence-corrected chi connectivity index (χ0v) is 17.0. The number of aryl methyl sites for hydroxylation is 1. The van der Waals surface area contributed by atoms with Crippen LogP contribution < -0.4 is 0 Å². The molecule has 1 saturated heterocycles. The van der Waals surface area contributed by atoms with Gasteiger partial charge in [-0.25, -0.2) is 9.78 Å². The largest absolute Gasteiger partial charge is 0.444 e. The number of ether oxygens (including phenoxy) is 1. The molecule has 0 radical (unpaired) electrons. The van der Waals surface area contributed by atoms with E-state index >= 15 is 0 Å². The number of hydrogen-bond donors (Lipinski definition) is 1. The molecule has 1 fully saturated rings. The molecule has 28 heavy (non-hydrogen) atoms. The highest BCUT2D eigenvalue weighted by molar-refractivity contribution is 5.97. The summed E-state index contributed by atoms with van der Waals surface area (Å²) in [7, 11) is 0. The summed E-state index contributed by atoms with van der Waals surface area (Å²) in [5, 5.41) is 2.44. The number of imidazole rings is 1. The summed E-state index contributed by atoms with van der Waals surface area (Å²) in [4.78, 5) is 22.5. The summed E-state index contributed by atoms with van der Waals surface area (Å²) in [6.07, 6.45) is 3.44. The monoisotopic (exact) mass is 377 g/mol. The molecule has 0 spiro atoms. The maximum absolute atomic E-state index is 12.6. The average molecular weight is 377 g/mol. The second-order valence-electron chi connectivity index (χ2n) is 8.49. The zero-order valence-electron chi connectivity index (χ0n) is 17.0. The number of benzene rings is 2. The van der Waals surface area contributed by atoms with Crippen LogP contribution in [-0.4, -0.2) is 33.1 Å². The molecule has 146 valence electrons. The molecule has 0 saturated carbocycles. The van der Waals surface area contributed by atoms with E-state index < -0.39 is 5.60 Å². The minimum atomic E-state index is -0.501. The van der Waals surface area contributed by atoms with E-state index in [1.165, 1.54) is 16.3 Å². The number of rotatable bonds is 2. The normalized spacial score (nSPS) is 17.3. The van der Waals surface area contributed by atoms with Crippen molar-refractivity contribution in [3.63, 3.8) is 0 Å². The molecule has 1 atom stereocenters. The first-order chi connectivity index (χ1) is 13.3. The first-order valence-electron chi connectivity index (χ1n) is 9.87. The molecule has 2 heterocycles. The van der Waals surface area contributed by atoms with Crippen LogP contribution in [0.5, 0.6) is 0 Å². The molecular weight excluding hydrogens is 350 g/mol. The Bertz CT molecular complexity index is 1020. The lowest BCUT2D eigenvalue weighted by Crippen LogP contribution is -2.36. The van der Waals surface area contributed by atoms with Crippen molar-refractivity contribution in [2.24, 2.45) is 0 Å². The van der Waals surface area contributed by atoms with Crippen LogP contribution in [0.4, 0.5) is 4.79 Å². The van der Waals surface area contributed by atoms with Crippen molar-refractivity contribution in [2.45, 2.75) is 52.2 Å². The van der Waals surface area contributed by atoms with E-state index in [4.69, 9.17) is 4.74 Å². The summed E-state index contributed by atoms with van der Waals surface area (Å²) in [5.41, 5.74) is 2.86. The van der Waals surface area contributed by atoms with Crippen molar-refractivity contribution in [3.05, 3.63) is 54.0 Å². The SMILES string of the molecule is Cc1ccc(-c2cnc(C3CCCN3C(=O)OC(C)(C)C)[nH]2)c2ccccc12. The Labute approximate surface area is 165 Å². The van der Waals surface area contributed by atoms with Crippen molar-refractivity contribution < 1.29 is 9.53 Å². The molecule has 1 aliphatic heterocycles. The predicted molar refractivity (Wildman–Crippen MR) is 111 cm³/mol. The number of H-pyrrole nitrogens is 1. The van der Waals surface area contributed by atoms with E-state index in [9.17, 15) is 4.79 Å². The minimum absolute atomic E-state index is 0.0692. The summed E-state index contributed by atoms with van der Waals surface area (Å²) in [6.45, 7) is 8.50. The van der Waals surface area contributed by atoms with Crippen LogP contribution in [0.25, 0.3) is 22.0 Å². The van der Waals surface area contributed by atoms with Crippen molar-refractivity contribution >= 4 is 16.9 Å². The highest BCUT2D eigenvalue weighted by Gasteiger charge is 2.34. The van der Waals surface area contributed by atoms with Gasteiger partial charge in [0.25, 0.3) is 0 Å². The molecule has 1 aliphatic rings. The molecule has 0 aliphatic carbocycles. The number of likely N-dealkylation sites (tertiary alicyclic amines) is 1. The lowest BCUT2D eigenvalue weighted by Gasteiger charge is -2.27. The van der Waals surface area contributed by atoms with Crippen LogP contribution in [0.1, 0.15) is 51.0 Å². The van der Waals surface area contributed by atoms with E-state index in [0.717, 1.165) is 29.9 Å². The topological polar surface area (TPSA) is 58.2 Å². The van der Waals surface area contributed by atoms with Gasteiger partial charge in [-0.3, -0.25) is 4.90 Å². The van der Waals surface area contributed by atoms with Gasteiger partial charge in [-0.15, -0.1) is 0 Å². The number of hydrogen-bond acceptors (Lipinski definition) is 3. The molecule has 4 rings (SSSR count). The third-order valence-corrected chi connectivity index (χ3v) is 5.22. The van der Waals surface area contributed by atoms with Gasteiger partial charge in [-0.05, 0) is 56.9 Å². The van der Waals surface area contributed by atoms with E-state index in [1.54, 1.807) is 4.90 Å². The van der Waals surface area contributed by atoms with E-state index in [0.29, 0.717) is 6.54 Å². The number of aromatic nitrogens is 2. The Morgan fingerprint density at radius 3 is 2.68 bits per heavy atom. The lowest BCUT2D eigenvalue weighted by molar-refractivity contribution is 0.0219. The van der Waals surface area contributed by atoms with Crippen molar-refractivity contribution in [1.82, 2.24) is 14.9 Å². The molecule has 1 amide bonds. The first-order valence-corrected chi connectivity index (χ1v) is 9.87. The molecule has 3 aromatic rings. The maximum atomic E-state index is 12.6. The number of amides is 1. The Balaban J connectivity index is 1.65. The first kappa shape index (κ1) is 18.5. The maximum Gasteiger partial charge on any atom is 0.410 e. The highest BCUT2D eigenvalue weighted by atomic mass is 16.6. The van der Waals surface area contributed by atoms with Crippen LogP contribution >= 0.6 is 0 Å². The zero-order chi connectivity index (χ0) is 19.9. The number of nitrogens with one attached hydrogen (secondary N) is 1. The summed E-state index contributed by atoms with van der Waals surface area (Å²) in [6, 6.07) is 12.6. The smallest absolute Gasteiger partial charge is 0.410 e. The second-order valence-corrected chi connectivity index (χ2v) is 8.49. The molecular formula is C23H27N3O2. The van der Waals surface area contributed by atoms with Gasteiger partial charge in [-0.1, -0.05) is 36.4 Å². The Kier molecular flexibility index (Phi) is 4.61. The van der Waals surface area contributed by atoms with E-state index in [1.807, 2.05) is 27.0 Å². The fraction of sp³-hybridized carbons (Fsp3) is 0.391.